The van der Waals surface area contributed by atoms with Crippen molar-refractivity contribution in [2.24, 2.45) is 0 Å². The quantitative estimate of drug-likeness (QED) is 0.730. The number of methoxy groups -OCH3 is 1. The topological polar surface area (TPSA) is 62.4 Å². The van der Waals surface area contributed by atoms with Gasteiger partial charge in [-0.3, -0.25) is 14.5 Å². The molecule has 0 amide bonds. The highest BCUT2D eigenvalue weighted by Crippen LogP contribution is 2.21. The molecule has 5 nitrogen and oxygen atoms in total. The molecule has 140 valence electrons. The summed E-state index contributed by atoms with van der Waals surface area (Å²) in [6.45, 7) is 8.28. The van der Waals surface area contributed by atoms with Crippen molar-refractivity contribution in [1.82, 2.24) is 9.88 Å². The first-order chi connectivity index (χ1) is 12.3. The van der Waals surface area contributed by atoms with Crippen molar-refractivity contribution in [3.05, 3.63) is 52.1 Å². The Morgan fingerprint density at radius 3 is 2.46 bits per heavy atom. The van der Waals surface area contributed by atoms with Gasteiger partial charge in [-0.1, -0.05) is 13.0 Å². The van der Waals surface area contributed by atoms with E-state index in [-0.39, 0.29) is 23.9 Å². The first kappa shape index (κ1) is 19.8. The van der Waals surface area contributed by atoms with Crippen LogP contribution in [0.25, 0.3) is 0 Å². The van der Waals surface area contributed by atoms with E-state index in [1.807, 2.05) is 11.8 Å². The monoisotopic (exact) mass is 360 g/mol. The number of aromatic nitrogens is 1. The van der Waals surface area contributed by atoms with Gasteiger partial charge in [0, 0.05) is 17.8 Å². The highest BCUT2D eigenvalue weighted by molar-refractivity contribution is 6.03. The Morgan fingerprint density at radius 1 is 1.27 bits per heavy atom. The second-order valence-corrected chi connectivity index (χ2v) is 6.38. The molecule has 1 heterocycles. The van der Waals surface area contributed by atoms with Gasteiger partial charge in [-0.15, -0.1) is 0 Å². The Hall–Kier alpha value is -2.47. The van der Waals surface area contributed by atoms with E-state index < -0.39 is 5.82 Å². The normalized spacial score (nSPS) is 11.0. The first-order valence-corrected chi connectivity index (χ1v) is 8.56. The van der Waals surface area contributed by atoms with Crippen LogP contribution in [0.4, 0.5) is 4.39 Å². The molecule has 26 heavy (non-hydrogen) atoms. The fraction of sp³-hybridized carbons (Fsp3) is 0.400. The Balaban J connectivity index is 2.15. The third-order valence-electron chi connectivity index (χ3n) is 4.51. The number of aryl methyl sites for hydroxylation is 1. The van der Waals surface area contributed by atoms with Crippen molar-refractivity contribution >= 4 is 11.6 Å². The van der Waals surface area contributed by atoms with E-state index in [2.05, 4.69) is 4.98 Å². The van der Waals surface area contributed by atoms with Gasteiger partial charge in [0.25, 0.3) is 0 Å². The van der Waals surface area contributed by atoms with Crippen molar-refractivity contribution in [2.75, 3.05) is 20.2 Å². The third-order valence-corrected chi connectivity index (χ3v) is 4.51. The van der Waals surface area contributed by atoms with Gasteiger partial charge in [-0.2, -0.15) is 0 Å². The summed E-state index contributed by atoms with van der Waals surface area (Å²) in [6.07, 6.45) is 0. The summed E-state index contributed by atoms with van der Waals surface area (Å²) < 4.78 is 18.8. The average Bonchev–Trinajstić information content (AvgIpc) is 2.89. The molecule has 0 aliphatic carbocycles. The molecule has 1 aromatic heterocycles. The minimum Gasteiger partial charge on any atom is -0.494 e. The van der Waals surface area contributed by atoms with Crippen LogP contribution in [-0.4, -0.2) is 41.6 Å². The maximum atomic E-state index is 13.9. The van der Waals surface area contributed by atoms with Crippen LogP contribution in [0.2, 0.25) is 0 Å². The van der Waals surface area contributed by atoms with Gasteiger partial charge in [-0.25, -0.2) is 4.39 Å². The fourth-order valence-electron chi connectivity index (χ4n) is 3.19. The number of carbonyl (C=O) groups is 2. The molecule has 2 aromatic rings. The molecular weight excluding hydrogens is 335 g/mol. The molecule has 0 bridgehead atoms. The van der Waals surface area contributed by atoms with E-state index in [0.29, 0.717) is 35.6 Å². The number of aromatic amines is 1. The summed E-state index contributed by atoms with van der Waals surface area (Å²) in [5, 5.41) is 0. The SMILES string of the molecule is CCN(CC(=O)c1[nH]c(C)c(C(C)=O)c1C)Cc1ccc(OC)c(F)c1. The Morgan fingerprint density at radius 2 is 1.96 bits per heavy atom. The van der Waals surface area contributed by atoms with Crippen molar-refractivity contribution < 1.29 is 18.7 Å². The van der Waals surface area contributed by atoms with Crippen LogP contribution < -0.4 is 4.74 Å². The maximum absolute atomic E-state index is 13.9. The van der Waals surface area contributed by atoms with E-state index in [9.17, 15) is 14.0 Å². The van der Waals surface area contributed by atoms with Gasteiger partial charge < -0.3 is 9.72 Å². The summed E-state index contributed by atoms with van der Waals surface area (Å²) >= 11 is 0. The zero-order valence-electron chi connectivity index (χ0n) is 15.9. The molecule has 0 aliphatic rings. The lowest BCUT2D eigenvalue weighted by Gasteiger charge is -2.20. The Kier molecular flexibility index (Phi) is 6.32. The third kappa shape index (κ3) is 4.19. The van der Waals surface area contributed by atoms with Crippen LogP contribution in [0, 0.1) is 19.7 Å². The van der Waals surface area contributed by atoms with Crippen molar-refractivity contribution in [3.8, 4) is 5.75 Å². The number of carbonyl (C=O) groups excluding carboxylic acids is 2. The molecule has 0 fully saturated rings. The number of hydrogen-bond donors (Lipinski definition) is 1. The van der Waals surface area contributed by atoms with E-state index in [1.165, 1.54) is 20.1 Å². The largest absolute Gasteiger partial charge is 0.494 e. The molecule has 0 atom stereocenters. The van der Waals surface area contributed by atoms with Gasteiger partial charge in [0.05, 0.1) is 19.3 Å². The zero-order valence-corrected chi connectivity index (χ0v) is 15.9. The van der Waals surface area contributed by atoms with Crippen LogP contribution in [0.3, 0.4) is 0 Å². The van der Waals surface area contributed by atoms with E-state index in [4.69, 9.17) is 4.74 Å². The molecule has 6 heteroatoms. The molecule has 1 N–H and O–H groups in total. The lowest BCUT2D eigenvalue weighted by atomic mass is 10.1. The summed E-state index contributed by atoms with van der Waals surface area (Å²) in [7, 11) is 1.42. The van der Waals surface area contributed by atoms with Crippen LogP contribution in [0.15, 0.2) is 18.2 Å². The van der Waals surface area contributed by atoms with Gasteiger partial charge >= 0.3 is 0 Å². The minimum atomic E-state index is -0.422. The van der Waals surface area contributed by atoms with E-state index in [0.717, 1.165) is 5.56 Å². The number of likely N-dealkylation sites (N-methyl/N-ethyl adjacent to an activating group) is 1. The Labute approximate surface area is 153 Å². The summed E-state index contributed by atoms with van der Waals surface area (Å²) in [5.41, 5.74) is 3.20. The highest BCUT2D eigenvalue weighted by Gasteiger charge is 2.21. The second-order valence-electron chi connectivity index (χ2n) is 6.38. The summed E-state index contributed by atoms with van der Waals surface area (Å²) in [5.74, 6) is -0.373. The maximum Gasteiger partial charge on any atom is 0.193 e. The predicted molar refractivity (Wildman–Crippen MR) is 98.5 cm³/mol. The lowest BCUT2D eigenvalue weighted by molar-refractivity contribution is 0.0924. The number of H-pyrrole nitrogens is 1. The number of ketones is 2. The van der Waals surface area contributed by atoms with Gasteiger partial charge in [0.2, 0.25) is 0 Å². The molecule has 0 saturated carbocycles. The Bertz CT molecular complexity index is 827. The molecule has 0 radical (unpaired) electrons. The smallest absolute Gasteiger partial charge is 0.193 e. The lowest BCUT2D eigenvalue weighted by Crippen LogP contribution is -2.30. The van der Waals surface area contributed by atoms with Crippen LogP contribution in [0.1, 0.15) is 51.5 Å². The van der Waals surface area contributed by atoms with Crippen molar-refractivity contribution in [1.29, 1.82) is 0 Å². The van der Waals surface area contributed by atoms with Crippen molar-refractivity contribution in [2.45, 2.75) is 34.2 Å². The zero-order chi connectivity index (χ0) is 19.4. The van der Waals surface area contributed by atoms with Gasteiger partial charge in [-0.05, 0) is 50.6 Å². The van der Waals surface area contributed by atoms with Crippen LogP contribution in [-0.2, 0) is 6.54 Å². The van der Waals surface area contributed by atoms with Gasteiger partial charge in [0.15, 0.2) is 23.1 Å². The minimum absolute atomic E-state index is 0.0589. The number of rotatable bonds is 8. The van der Waals surface area contributed by atoms with Gasteiger partial charge in [0.1, 0.15) is 0 Å². The highest BCUT2D eigenvalue weighted by atomic mass is 19.1. The molecule has 0 saturated heterocycles. The molecule has 0 unspecified atom stereocenters. The fourth-order valence-corrected chi connectivity index (χ4v) is 3.19. The standard InChI is InChI=1S/C20H25FN2O3/c1-6-23(10-15-7-8-18(26-5)16(21)9-15)11-17(25)20-12(2)19(14(4)24)13(3)22-20/h7-9,22H,6,10-11H2,1-5H3. The van der Waals surface area contributed by atoms with E-state index >= 15 is 0 Å². The molecular formula is C20H25FN2O3. The summed E-state index contributed by atoms with van der Waals surface area (Å²) in [6, 6.07) is 4.79. The summed E-state index contributed by atoms with van der Waals surface area (Å²) in [4.78, 5) is 29.4. The average molecular weight is 360 g/mol. The number of nitrogens with zero attached hydrogens (tertiary/aromatic N) is 1. The van der Waals surface area contributed by atoms with Crippen LogP contribution >= 0.6 is 0 Å². The number of halogens is 1. The van der Waals surface area contributed by atoms with Crippen molar-refractivity contribution in [3.63, 3.8) is 0 Å². The second kappa shape index (κ2) is 8.27. The molecule has 1 aromatic carbocycles. The number of hydrogen-bond acceptors (Lipinski definition) is 4. The molecule has 0 spiro atoms. The number of nitrogens with one attached hydrogen (secondary N) is 1. The predicted octanol–water partition coefficient (Wildman–Crippen LogP) is 3.69. The molecule has 2 rings (SSSR count). The molecule has 0 aliphatic heterocycles. The first-order valence-electron chi connectivity index (χ1n) is 8.56. The van der Waals surface area contributed by atoms with E-state index in [1.54, 1.807) is 26.0 Å². The number of Topliss-reactive ketones (excluding diaryl/α,β-unsaturated/α-hetero) is 2. The number of ether oxygens (including phenoxy) is 1. The number of benzene rings is 1. The van der Waals surface area contributed by atoms with Crippen LogP contribution in [0.5, 0.6) is 5.75 Å².